The molecule has 1 saturated heterocycles. The van der Waals surface area contributed by atoms with E-state index < -0.39 is 0 Å². The molecule has 2 aliphatic heterocycles. The number of fused-ring (bicyclic) bond motifs is 2. The van der Waals surface area contributed by atoms with E-state index in [1.54, 1.807) is 23.1 Å². The standard InChI is InChI=1S/C29H29N5OS2/c30-29(27-6-3-19-36-27)31-21-7-9-22(10-8-21)34-15-13-33(14-16-34)17-18-35-23-11-12-25-28(20-23)37-26-5-2-1-4-24(26)32-25/h1-12,19-20,32H,13-18H2,(H2,30,31). The first kappa shape index (κ1) is 23.9. The highest BCUT2D eigenvalue weighted by Crippen LogP contribution is 2.45. The first-order valence-electron chi connectivity index (χ1n) is 12.5. The van der Waals surface area contributed by atoms with Crippen LogP contribution in [-0.2, 0) is 0 Å². The molecule has 8 heteroatoms. The highest BCUT2D eigenvalue weighted by atomic mass is 32.2. The molecule has 6 nitrogen and oxygen atoms in total. The Morgan fingerprint density at radius 2 is 1.70 bits per heavy atom. The summed E-state index contributed by atoms with van der Waals surface area (Å²) in [6.45, 7) is 5.66. The molecular weight excluding hydrogens is 498 g/mol. The van der Waals surface area contributed by atoms with Crippen LogP contribution in [0.5, 0.6) is 5.75 Å². The molecule has 0 atom stereocenters. The van der Waals surface area contributed by atoms with E-state index in [9.17, 15) is 0 Å². The molecule has 1 fully saturated rings. The molecule has 0 amide bonds. The van der Waals surface area contributed by atoms with E-state index in [0.717, 1.165) is 60.4 Å². The number of para-hydroxylation sites is 1. The van der Waals surface area contributed by atoms with Crippen molar-refractivity contribution < 1.29 is 4.74 Å². The number of nitrogens with two attached hydrogens (primary N) is 1. The smallest absolute Gasteiger partial charge is 0.141 e. The van der Waals surface area contributed by atoms with Gasteiger partial charge in [-0.3, -0.25) is 4.90 Å². The minimum atomic E-state index is 0.565. The van der Waals surface area contributed by atoms with Gasteiger partial charge in [0.05, 0.1) is 21.9 Å². The topological polar surface area (TPSA) is 66.1 Å². The number of nitrogens with one attached hydrogen (secondary N) is 1. The van der Waals surface area contributed by atoms with Gasteiger partial charge in [0.25, 0.3) is 0 Å². The highest BCUT2D eigenvalue weighted by molar-refractivity contribution is 7.99. The van der Waals surface area contributed by atoms with Gasteiger partial charge in [-0.25, -0.2) is 4.99 Å². The molecule has 0 radical (unpaired) electrons. The lowest BCUT2D eigenvalue weighted by atomic mass is 10.2. The van der Waals surface area contributed by atoms with Crippen molar-refractivity contribution in [3.8, 4) is 5.75 Å². The fourth-order valence-electron chi connectivity index (χ4n) is 4.58. The Labute approximate surface area is 225 Å². The summed E-state index contributed by atoms with van der Waals surface area (Å²) in [7, 11) is 0. The Balaban J connectivity index is 0.969. The van der Waals surface area contributed by atoms with Gasteiger partial charge in [-0.1, -0.05) is 30.0 Å². The monoisotopic (exact) mass is 527 g/mol. The minimum Gasteiger partial charge on any atom is -0.492 e. The molecule has 37 heavy (non-hydrogen) atoms. The Morgan fingerprint density at radius 3 is 2.51 bits per heavy atom. The van der Waals surface area contributed by atoms with Gasteiger partial charge in [-0.2, -0.15) is 0 Å². The SMILES string of the molecule is NC(=Nc1ccc(N2CCN(CCOc3ccc4c(c3)Sc3ccccc3N4)CC2)cc1)c1cccs1. The Kier molecular flexibility index (Phi) is 7.03. The van der Waals surface area contributed by atoms with Gasteiger partial charge >= 0.3 is 0 Å². The number of aliphatic imine (C=N–C) groups is 1. The van der Waals surface area contributed by atoms with Gasteiger partial charge in [-0.05, 0) is 66.0 Å². The second kappa shape index (κ2) is 10.9. The molecule has 1 aromatic heterocycles. The summed E-state index contributed by atoms with van der Waals surface area (Å²) in [6.07, 6.45) is 0. The van der Waals surface area contributed by atoms with Crippen LogP contribution in [0, 0.1) is 0 Å². The van der Waals surface area contributed by atoms with E-state index in [1.807, 2.05) is 29.6 Å². The van der Waals surface area contributed by atoms with E-state index in [4.69, 9.17) is 10.5 Å². The molecule has 0 aliphatic carbocycles. The molecule has 4 aromatic rings. The average Bonchev–Trinajstić information content (AvgIpc) is 3.48. The van der Waals surface area contributed by atoms with Crippen molar-refractivity contribution in [2.24, 2.45) is 10.7 Å². The zero-order valence-corrected chi connectivity index (χ0v) is 22.1. The molecule has 0 spiro atoms. The van der Waals surface area contributed by atoms with Crippen molar-refractivity contribution in [1.82, 2.24) is 4.90 Å². The predicted molar refractivity (Wildman–Crippen MR) is 156 cm³/mol. The summed E-state index contributed by atoms with van der Waals surface area (Å²) in [5.74, 6) is 1.49. The molecule has 0 unspecified atom stereocenters. The van der Waals surface area contributed by atoms with Crippen LogP contribution in [0.15, 0.2) is 99.0 Å². The van der Waals surface area contributed by atoms with Gasteiger partial charge in [0.15, 0.2) is 0 Å². The van der Waals surface area contributed by atoms with Crippen molar-refractivity contribution in [2.45, 2.75) is 9.79 Å². The van der Waals surface area contributed by atoms with Crippen LogP contribution in [0.1, 0.15) is 4.88 Å². The molecule has 188 valence electrons. The lowest BCUT2D eigenvalue weighted by Gasteiger charge is -2.36. The van der Waals surface area contributed by atoms with Gasteiger partial charge in [0.2, 0.25) is 0 Å². The normalized spacial score (nSPS) is 15.6. The molecule has 0 saturated carbocycles. The molecule has 3 aromatic carbocycles. The predicted octanol–water partition coefficient (Wildman–Crippen LogP) is 6.19. The number of thiophene rings is 1. The van der Waals surface area contributed by atoms with E-state index in [0.29, 0.717) is 12.4 Å². The number of amidine groups is 1. The zero-order valence-electron chi connectivity index (χ0n) is 20.5. The summed E-state index contributed by atoms with van der Waals surface area (Å²) in [4.78, 5) is 12.9. The third-order valence-corrected chi connectivity index (χ3v) is 8.64. The van der Waals surface area contributed by atoms with Gasteiger partial charge in [-0.15, -0.1) is 11.3 Å². The Bertz CT molecular complexity index is 1380. The summed E-state index contributed by atoms with van der Waals surface area (Å²) in [5.41, 5.74) is 10.5. The number of rotatable bonds is 7. The van der Waals surface area contributed by atoms with Gasteiger partial charge in [0.1, 0.15) is 18.2 Å². The Morgan fingerprint density at radius 1 is 0.892 bits per heavy atom. The third kappa shape index (κ3) is 5.61. The highest BCUT2D eigenvalue weighted by Gasteiger charge is 2.18. The maximum absolute atomic E-state index is 6.13. The van der Waals surface area contributed by atoms with Crippen LogP contribution in [-0.4, -0.2) is 50.1 Å². The largest absolute Gasteiger partial charge is 0.492 e. The number of benzene rings is 3. The van der Waals surface area contributed by atoms with E-state index in [-0.39, 0.29) is 0 Å². The van der Waals surface area contributed by atoms with Crippen LogP contribution < -0.4 is 20.7 Å². The average molecular weight is 528 g/mol. The molecule has 3 heterocycles. The lowest BCUT2D eigenvalue weighted by Crippen LogP contribution is -2.47. The van der Waals surface area contributed by atoms with Crippen LogP contribution in [0.2, 0.25) is 0 Å². The number of hydrogen-bond acceptors (Lipinski definition) is 7. The number of anilines is 3. The first-order chi connectivity index (χ1) is 18.2. The zero-order chi connectivity index (χ0) is 25.0. The van der Waals surface area contributed by atoms with Crippen LogP contribution >= 0.6 is 23.1 Å². The molecule has 2 aliphatic rings. The van der Waals surface area contributed by atoms with Gasteiger partial charge in [0, 0.05) is 48.2 Å². The maximum Gasteiger partial charge on any atom is 0.141 e. The lowest BCUT2D eigenvalue weighted by molar-refractivity contribution is 0.200. The van der Waals surface area contributed by atoms with Crippen LogP contribution in [0.25, 0.3) is 0 Å². The number of nitrogens with zero attached hydrogens (tertiary/aromatic N) is 3. The van der Waals surface area contributed by atoms with E-state index in [2.05, 4.69) is 74.7 Å². The van der Waals surface area contributed by atoms with Crippen LogP contribution in [0.3, 0.4) is 0 Å². The number of ether oxygens (including phenoxy) is 1. The van der Waals surface area contributed by atoms with Crippen LogP contribution in [0.4, 0.5) is 22.7 Å². The quantitative estimate of drug-likeness (QED) is 0.194. The summed E-state index contributed by atoms with van der Waals surface area (Å²) in [6, 6.07) is 27.0. The number of hydrogen-bond donors (Lipinski definition) is 2. The second-order valence-electron chi connectivity index (χ2n) is 9.05. The summed E-state index contributed by atoms with van der Waals surface area (Å²) < 4.78 is 6.13. The molecule has 6 rings (SSSR count). The fraction of sp³-hybridized carbons (Fsp3) is 0.207. The Hall–Kier alpha value is -3.46. The first-order valence-corrected chi connectivity index (χ1v) is 14.2. The fourth-order valence-corrected chi connectivity index (χ4v) is 6.23. The third-order valence-electron chi connectivity index (χ3n) is 6.62. The van der Waals surface area contributed by atoms with Crippen molar-refractivity contribution in [3.63, 3.8) is 0 Å². The summed E-state index contributed by atoms with van der Waals surface area (Å²) >= 11 is 3.39. The van der Waals surface area contributed by atoms with Crippen molar-refractivity contribution in [2.75, 3.05) is 49.5 Å². The van der Waals surface area contributed by atoms with Gasteiger partial charge < -0.3 is 20.7 Å². The van der Waals surface area contributed by atoms with Crippen molar-refractivity contribution in [1.29, 1.82) is 0 Å². The maximum atomic E-state index is 6.13. The molecular formula is C29H29N5OS2. The minimum absolute atomic E-state index is 0.565. The van der Waals surface area contributed by atoms with E-state index >= 15 is 0 Å². The van der Waals surface area contributed by atoms with Crippen molar-refractivity contribution in [3.05, 3.63) is 89.1 Å². The van der Waals surface area contributed by atoms with E-state index in [1.165, 1.54) is 15.5 Å². The second-order valence-corrected chi connectivity index (χ2v) is 11.1. The summed E-state index contributed by atoms with van der Waals surface area (Å²) in [5, 5.41) is 5.52. The van der Waals surface area contributed by atoms with Crippen molar-refractivity contribution >= 4 is 51.7 Å². The molecule has 3 N–H and O–H groups in total. The molecule has 0 bridgehead atoms. The number of piperazine rings is 1.